The first-order valence-electron chi connectivity index (χ1n) is 10.5. The lowest BCUT2D eigenvalue weighted by molar-refractivity contribution is -0.118. The van der Waals surface area contributed by atoms with Gasteiger partial charge in [-0.1, -0.05) is 6.07 Å². The molecule has 1 aliphatic heterocycles. The minimum Gasteiger partial charge on any atom is -0.326 e. The van der Waals surface area contributed by atoms with Crippen molar-refractivity contribution in [3.63, 3.8) is 0 Å². The van der Waals surface area contributed by atoms with E-state index >= 15 is 0 Å². The lowest BCUT2D eigenvalue weighted by Crippen LogP contribution is -2.36. The SMILES string of the molecule is O=C(Nc1cccc(F)c1)C1CC12CCN(Cc1cccn1-c1cccnc1)CC2. The number of piperidine rings is 1. The number of carbonyl (C=O) groups excluding carboxylic acids is 1. The number of amides is 1. The Kier molecular flexibility index (Phi) is 4.87. The molecule has 30 heavy (non-hydrogen) atoms. The molecule has 2 aromatic heterocycles. The molecule has 6 heteroatoms. The number of hydrogen-bond donors (Lipinski definition) is 1. The molecule has 0 bridgehead atoms. The smallest absolute Gasteiger partial charge is 0.228 e. The van der Waals surface area contributed by atoms with Gasteiger partial charge >= 0.3 is 0 Å². The number of benzene rings is 1. The summed E-state index contributed by atoms with van der Waals surface area (Å²) in [4.78, 5) is 19.3. The Morgan fingerprint density at radius 3 is 2.80 bits per heavy atom. The average Bonchev–Trinajstić information content (AvgIpc) is 3.26. The average molecular weight is 404 g/mol. The van der Waals surface area contributed by atoms with E-state index in [1.165, 1.54) is 17.8 Å². The molecule has 2 aliphatic rings. The van der Waals surface area contributed by atoms with Crippen LogP contribution >= 0.6 is 0 Å². The quantitative estimate of drug-likeness (QED) is 0.692. The summed E-state index contributed by atoms with van der Waals surface area (Å²) in [5, 5.41) is 2.89. The van der Waals surface area contributed by atoms with Gasteiger partial charge < -0.3 is 9.88 Å². The van der Waals surface area contributed by atoms with Crippen LogP contribution in [0.15, 0.2) is 67.1 Å². The number of likely N-dealkylation sites (tertiary alicyclic amines) is 1. The van der Waals surface area contributed by atoms with Crippen molar-refractivity contribution in [1.82, 2.24) is 14.5 Å². The van der Waals surface area contributed by atoms with Crippen LogP contribution in [0.2, 0.25) is 0 Å². The van der Waals surface area contributed by atoms with Gasteiger partial charge in [-0.3, -0.25) is 14.7 Å². The summed E-state index contributed by atoms with van der Waals surface area (Å²) in [6, 6.07) is 14.3. The second-order valence-corrected chi connectivity index (χ2v) is 8.48. The Morgan fingerprint density at radius 2 is 2.03 bits per heavy atom. The van der Waals surface area contributed by atoms with Crippen molar-refractivity contribution in [2.24, 2.45) is 11.3 Å². The van der Waals surface area contributed by atoms with Gasteiger partial charge in [0.15, 0.2) is 0 Å². The number of carbonyl (C=O) groups is 1. The fraction of sp³-hybridized carbons (Fsp3) is 0.333. The van der Waals surface area contributed by atoms with E-state index in [9.17, 15) is 9.18 Å². The number of halogens is 1. The third-order valence-electron chi connectivity index (χ3n) is 6.59. The van der Waals surface area contributed by atoms with Crippen LogP contribution in [0.1, 0.15) is 25.0 Å². The summed E-state index contributed by atoms with van der Waals surface area (Å²) in [5.74, 6) is -0.260. The standard InChI is InChI=1S/C24H25FN4O/c25-18-4-1-5-19(14-18)27-23(30)22-15-24(22)8-12-28(13-9-24)17-21-7-3-11-29(21)20-6-2-10-26-16-20/h1-7,10-11,14,16,22H,8-9,12-13,15,17H2,(H,27,30). The zero-order chi connectivity index (χ0) is 20.6. The second-order valence-electron chi connectivity index (χ2n) is 8.48. The molecular weight excluding hydrogens is 379 g/mol. The molecule has 1 unspecified atom stereocenters. The molecule has 1 atom stereocenters. The Morgan fingerprint density at radius 1 is 1.17 bits per heavy atom. The minimum atomic E-state index is -0.331. The lowest BCUT2D eigenvalue weighted by atomic mass is 9.90. The van der Waals surface area contributed by atoms with Crippen LogP contribution in [-0.4, -0.2) is 33.4 Å². The number of pyridine rings is 1. The molecule has 5 nitrogen and oxygen atoms in total. The predicted molar refractivity (Wildman–Crippen MR) is 114 cm³/mol. The highest BCUT2D eigenvalue weighted by Gasteiger charge is 2.58. The van der Waals surface area contributed by atoms with E-state index in [4.69, 9.17) is 0 Å². The molecule has 1 aliphatic carbocycles. The van der Waals surface area contributed by atoms with Crippen molar-refractivity contribution in [2.75, 3.05) is 18.4 Å². The molecular formula is C24H25FN4O. The highest BCUT2D eigenvalue weighted by Crippen LogP contribution is 2.59. The zero-order valence-corrected chi connectivity index (χ0v) is 16.8. The number of nitrogens with zero attached hydrogens (tertiary/aromatic N) is 3. The molecule has 3 heterocycles. The van der Waals surface area contributed by atoms with Crippen LogP contribution < -0.4 is 5.32 Å². The van der Waals surface area contributed by atoms with Crippen LogP contribution in [0.5, 0.6) is 0 Å². The fourth-order valence-electron chi connectivity index (χ4n) is 4.75. The van der Waals surface area contributed by atoms with Crippen LogP contribution in [0.4, 0.5) is 10.1 Å². The Hall–Kier alpha value is -2.99. The molecule has 154 valence electrons. The maximum atomic E-state index is 13.4. The maximum absolute atomic E-state index is 13.4. The predicted octanol–water partition coefficient (Wildman–Crippen LogP) is 4.25. The molecule has 1 saturated heterocycles. The Labute approximate surface area is 175 Å². The first kappa shape index (κ1) is 19.0. The highest BCUT2D eigenvalue weighted by atomic mass is 19.1. The molecule has 2 fully saturated rings. The number of hydrogen-bond acceptors (Lipinski definition) is 3. The molecule has 1 amide bonds. The van der Waals surface area contributed by atoms with Crippen molar-refractivity contribution < 1.29 is 9.18 Å². The number of nitrogens with one attached hydrogen (secondary N) is 1. The highest BCUT2D eigenvalue weighted by molar-refractivity contribution is 5.95. The van der Waals surface area contributed by atoms with Gasteiger partial charge in [-0.2, -0.15) is 0 Å². The van der Waals surface area contributed by atoms with Gasteiger partial charge in [0.1, 0.15) is 5.82 Å². The summed E-state index contributed by atoms with van der Waals surface area (Å²) >= 11 is 0. The number of aromatic nitrogens is 2. The summed E-state index contributed by atoms with van der Waals surface area (Å²) in [7, 11) is 0. The summed E-state index contributed by atoms with van der Waals surface area (Å²) in [6.07, 6.45) is 8.73. The van der Waals surface area contributed by atoms with Crippen LogP contribution in [-0.2, 0) is 11.3 Å². The molecule has 1 saturated carbocycles. The first-order chi connectivity index (χ1) is 14.6. The number of anilines is 1. The van der Waals surface area contributed by atoms with Gasteiger partial charge in [0.05, 0.1) is 11.9 Å². The largest absolute Gasteiger partial charge is 0.326 e. The van der Waals surface area contributed by atoms with E-state index < -0.39 is 0 Å². The van der Waals surface area contributed by atoms with Crippen LogP contribution in [0.3, 0.4) is 0 Å². The van der Waals surface area contributed by atoms with Gasteiger partial charge in [-0.25, -0.2) is 4.39 Å². The van der Waals surface area contributed by atoms with E-state index in [1.54, 1.807) is 18.3 Å². The Bertz CT molecular complexity index is 1040. The zero-order valence-electron chi connectivity index (χ0n) is 16.8. The third-order valence-corrected chi connectivity index (χ3v) is 6.59. The summed E-state index contributed by atoms with van der Waals surface area (Å²) < 4.78 is 15.5. The molecule has 1 spiro atoms. The topological polar surface area (TPSA) is 50.2 Å². The van der Waals surface area contributed by atoms with Crippen molar-refractivity contribution in [2.45, 2.75) is 25.8 Å². The maximum Gasteiger partial charge on any atom is 0.228 e. The first-order valence-corrected chi connectivity index (χ1v) is 10.5. The lowest BCUT2D eigenvalue weighted by Gasteiger charge is -2.33. The van der Waals surface area contributed by atoms with E-state index in [-0.39, 0.29) is 23.1 Å². The van der Waals surface area contributed by atoms with E-state index in [1.807, 2.05) is 12.3 Å². The van der Waals surface area contributed by atoms with Crippen LogP contribution in [0, 0.1) is 17.2 Å². The van der Waals surface area contributed by atoms with E-state index in [0.29, 0.717) is 5.69 Å². The van der Waals surface area contributed by atoms with Gasteiger partial charge in [0, 0.05) is 36.2 Å². The summed E-state index contributed by atoms with van der Waals surface area (Å²) in [5.41, 5.74) is 2.98. The van der Waals surface area contributed by atoms with Crippen molar-refractivity contribution >= 4 is 11.6 Å². The Balaban J connectivity index is 1.17. The van der Waals surface area contributed by atoms with Crippen molar-refractivity contribution in [3.8, 4) is 5.69 Å². The normalized spacial score (nSPS) is 20.2. The van der Waals surface area contributed by atoms with Gasteiger partial charge in [0.2, 0.25) is 5.91 Å². The molecule has 0 radical (unpaired) electrons. The monoisotopic (exact) mass is 404 g/mol. The van der Waals surface area contributed by atoms with Gasteiger partial charge in [-0.15, -0.1) is 0 Å². The number of rotatable bonds is 5. The van der Waals surface area contributed by atoms with E-state index in [0.717, 1.165) is 44.6 Å². The van der Waals surface area contributed by atoms with Crippen LogP contribution in [0.25, 0.3) is 5.69 Å². The molecule has 1 aromatic carbocycles. The van der Waals surface area contributed by atoms with Gasteiger partial charge in [0.25, 0.3) is 0 Å². The molecule has 1 N–H and O–H groups in total. The second kappa shape index (κ2) is 7.69. The summed E-state index contributed by atoms with van der Waals surface area (Å²) in [6.45, 7) is 2.86. The third kappa shape index (κ3) is 3.75. The fourth-order valence-corrected chi connectivity index (χ4v) is 4.75. The molecule has 5 rings (SSSR count). The molecule has 3 aromatic rings. The minimum absolute atomic E-state index is 0.0273. The van der Waals surface area contributed by atoms with Gasteiger partial charge in [-0.05, 0) is 80.2 Å². The van der Waals surface area contributed by atoms with Crippen molar-refractivity contribution in [1.29, 1.82) is 0 Å². The van der Waals surface area contributed by atoms with E-state index in [2.05, 4.69) is 44.2 Å². The van der Waals surface area contributed by atoms with Crippen molar-refractivity contribution in [3.05, 3.63) is 78.6 Å².